The van der Waals surface area contributed by atoms with Gasteiger partial charge in [0.05, 0.1) is 13.6 Å². The van der Waals surface area contributed by atoms with Crippen LogP contribution in [0.3, 0.4) is 0 Å². The molecule has 0 spiro atoms. The molecule has 2 aromatic heterocycles. The van der Waals surface area contributed by atoms with E-state index in [9.17, 15) is 0 Å². The number of aromatic nitrogens is 1. The van der Waals surface area contributed by atoms with Gasteiger partial charge in [0.1, 0.15) is 11.3 Å². The van der Waals surface area contributed by atoms with Crippen molar-refractivity contribution in [3.63, 3.8) is 0 Å². The first-order valence-electron chi connectivity index (χ1n) is 12.1. The standard InChI is InChI=1S/C30H35NOSi/c1-20(33(6,7)30(3,4)5)18-25-21(2)32-29-17-16-22(19-26(25)29)31-27-14-10-8-12-23(27)24-13-9-11-15-28(24)31/h8-10,12-14,16-19H,11,15H2,1-7H3. The Morgan fingerprint density at radius 2 is 1.82 bits per heavy atom. The molecule has 33 heavy (non-hydrogen) atoms. The van der Waals surface area contributed by atoms with Gasteiger partial charge in [-0.2, -0.15) is 0 Å². The van der Waals surface area contributed by atoms with Crippen molar-refractivity contribution in [2.45, 2.75) is 65.6 Å². The van der Waals surface area contributed by atoms with Gasteiger partial charge in [-0.25, -0.2) is 0 Å². The van der Waals surface area contributed by atoms with Crippen molar-refractivity contribution in [2.24, 2.45) is 0 Å². The number of benzene rings is 2. The van der Waals surface area contributed by atoms with Crippen molar-refractivity contribution in [1.29, 1.82) is 0 Å². The minimum absolute atomic E-state index is 0.308. The molecule has 0 unspecified atom stereocenters. The quantitative estimate of drug-likeness (QED) is 0.283. The summed E-state index contributed by atoms with van der Waals surface area (Å²) in [6, 6.07) is 15.5. The zero-order valence-corrected chi connectivity index (χ0v) is 22.0. The number of aryl methyl sites for hydroxylation is 1. The average Bonchev–Trinajstić information content (AvgIpc) is 3.27. The second-order valence-electron chi connectivity index (χ2n) is 11.1. The third-order valence-corrected chi connectivity index (χ3v) is 14.1. The fraction of sp³-hybridized carbons (Fsp3) is 0.333. The number of hydrogen-bond acceptors (Lipinski definition) is 1. The Morgan fingerprint density at radius 3 is 2.58 bits per heavy atom. The number of hydrogen-bond donors (Lipinski definition) is 0. The second kappa shape index (κ2) is 7.63. The largest absolute Gasteiger partial charge is 0.461 e. The van der Waals surface area contributed by atoms with E-state index >= 15 is 0 Å². The molecule has 0 amide bonds. The fourth-order valence-corrected chi connectivity index (χ4v) is 6.69. The van der Waals surface area contributed by atoms with Crippen molar-refractivity contribution >= 4 is 42.1 Å². The van der Waals surface area contributed by atoms with Gasteiger partial charge in [-0.1, -0.05) is 75.5 Å². The molecule has 2 aromatic carbocycles. The summed E-state index contributed by atoms with van der Waals surface area (Å²) < 4.78 is 8.68. The van der Waals surface area contributed by atoms with E-state index in [-0.39, 0.29) is 0 Å². The molecular weight excluding hydrogens is 418 g/mol. The molecule has 5 rings (SSSR count). The molecule has 0 fully saturated rings. The van der Waals surface area contributed by atoms with E-state index in [0.29, 0.717) is 5.04 Å². The lowest BCUT2D eigenvalue weighted by Gasteiger charge is -2.38. The first kappa shape index (κ1) is 22.0. The summed E-state index contributed by atoms with van der Waals surface area (Å²) in [4.78, 5) is 0. The van der Waals surface area contributed by atoms with Crippen LogP contribution < -0.4 is 0 Å². The Labute approximate surface area is 198 Å². The zero-order chi connectivity index (χ0) is 23.5. The van der Waals surface area contributed by atoms with E-state index in [1.165, 1.54) is 44.0 Å². The van der Waals surface area contributed by atoms with E-state index in [0.717, 1.165) is 24.2 Å². The maximum absolute atomic E-state index is 6.22. The minimum atomic E-state index is -1.59. The highest BCUT2D eigenvalue weighted by Gasteiger charge is 2.36. The van der Waals surface area contributed by atoms with Gasteiger partial charge >= 0.3 is 0 Å². The summed E-state index contributed by atoms with van der Waals surface area (Å²) in [6.07, 6.45) is 9.17. The molecule has 0 bridgehead atoms. The van der Waals surface area contributed by atoms with Crippen LogP contribution in [0.4, 0.5) is 0 Å². The Balaban J connectivity index is 1.72. The molecule has 0 aliphatic heterocycles. The van der Waals surface area contributed by atoms with Crippen LogP contribution in [0, 0.1) is 6.92 Å². The summed E-state index contributed by atoms with van der Waals surface area (Å²) in [5.74, 6) is 1.00. The molecule has 0 saturated heterocycles. The monoisotopic (exact) mass is 453 g/mol. The van der Waals surface area contributed by atoms with Crippen LogP contribution in [0.2, 0.25) is 18.1 Å². The fourth-order valence-electron chi connectivity index (χ4n) is 5.00. The van der Waals surface area contributed by atoms with Gasteiger partial charge in [0.25, 0.3) is 0 Å². The highest BCUT2D eigenvalue weighted by atomic mass is 28.3. The average molecular weight is 454 g/mol. The van der Waals surface area contributed by atoms with Gasteiger partial charge in [0.15, 0.2) is 0 Å². The zero-order valence-electron chi connectivity index (χ0n) is 21.0. The van der Waals surface area contributed by atoms with E-state index in [2.05, 4.69) is 113 Å². The van der Waals surface area contributed by atoms with Crippen LogP contribution in [0.5, 0.6) is 0 Å². The molecule has 170 valence electrons. The third-order valence-electron chi connectivity index (χ3n) is 8.22. The van der Waals surface area contributed by atoms with Gasteiger partial charge in [-0.05, 0) is 56.0 Å². The molecule has 2 heterocycles. The highest BCUT2D eigenvalue weighted by molar-refractivity contribution is 6.87. The van der Waals surface area contributed by atoms with Gasteiger partial charge < -0.3 is 8.98 Å². The predicted molar refractivity (Wildman–Crippen MR) is 146 cm³/mol. The van der Waals surface area contributed by atoms with Gasteiger partial charge in [0.2, 0.25) is 0 Å². The van der Waals surface area contributed by atoms with E-state index in [4.69, 9.17) is 4.42 Å². The van der Waals surface area contributed by atoms with E-state index < -0.39 is 8.07 Å². The maximum Gasteiger partial charge on any atom is 0.135 e. The van der Waals surface area contributed by atoms with Crippen LogP contribution in [0.25, 0.3) is 39.7 Å². The lowest BCUT2D eigenvalue weighted by Crippen LogP contribution is -2.38. The highest BCUT2D eigenvalue weighted by Crippen LogP contribution is 2.42. The molecule has 0 radical (unpaired) electrons. The van der Waals surface area contributed by atoms with Gasteiger partial charge in [-0.3, -0.25) is 0 Å². The summed E-state index contributed by atoms with van der Waals surface area (Å²) >= 11 is 0. The van der Waals surface area contributed by atoms with Crippen molar-refractivity contribution in [3.05, 3.63) is 76.3 Å². The van der Waals surface area contributed by atoms with Crippen molar-refractivity contribution in [2.75, 3.05) is 0 Å². The molecule has 0 saturated carbocycles. The Kier molecular flexibility index (Phi) is 5.09. The Morgan fingerprint density at radius 1 is 1.06 bits per heavy atom. The Hall–Kier alpha value is -2.78. The predicted octanol–water partition coefficient (Wildman–Crippen LogP) is 9.10. The van der Waals surface area contributed by atoms with E-state index in [1.54, 1.807) is 0 Å². The molecule has 2 nitrogen and oxygen atoms in total. The third kappa shape index (κ3) is 3.45. The summed E-state index contributed by atoms with van der Waals surface area (Å²) in [6.45, 7) is 16.5. The molecular formula is C30H35NOSi. The normalized spacial score (nSPS) is 14.9. The Bertz CT molecular complexity index is 1440. The van der Waals surface area contributed by atoms with Gasteiger partial charge in [0, 0.05) is 33.3 Å². The van der Waals surface area contributed by atoms with Crippen molar-refractivity contribution in [1.82, 2.24) is 4.57 Å². The number of nitrogens with zero attached hydrogens (tertiary/aromatic N) is 1. The van der Waals surface area contributed by atoms with Crippen LogP contribution in [0.1, 0.15) is 56.7 Å². The number of allylic oxidation sites excluding steroid dienone is 2. The number of rotatable bonds is 3. The molecule has 1 aliphatic carbocycles. The summed E-state index contributed by atoms with van der Waals surface area (Å²) in [7, 11) is -1.59. The van der Waals surface area contributed by atoms with Crippen molar-refractivity contribution < 1.29 is 4.42 Å². The van der Waals surface area contributed by atoms with E-state index in [1.807, 2.05) is 0 Å². The van der Waals surface area contributed by atoms with Crippen LogP contribution >= 0.6 is 0 Å². The van der Waals surface area contributed by atoms with Crippen LogP contribution in [-0.4, -0.2) is 12.6 Å². The first-order valence-corrected chi connectivity index (χ1v) is 15.1. The van der Waals surface area contributed by atoms with Crippen molar-refractivity contribution in [3.8, 4) is 5.69 Å². The smallest absolute Gasteiger partial charge is 0.135 e. The molecule has 0 N–H and O–H groups in total. The van der Waals surface area contributed by atoms with Crippen LogP contribution in [-0.2, 0) is 6.42 Å². The second-order valence-corrected chi connectivity index (χ2v) is 16.6. The first-order chi connectivity index (χ1) is 15.6. The lowest BCUT2D eigenvalue weighted by atomic mass is 10.0. The maximum atomic E-state index is 6.22. The van der Waals surface area contributed by atoms with Crippen LogP contribution in [0.15, 0.2) is 58.2 Å². The van der Waals surface area contributed by atoms with Gasteiger partial charge in [-0.15, -0.1) is 0 Å². The number of furan rings is 1. The molecule has 0 atom stereocenters. The topological polar surface area (TPSA) is 18.1 Å². The number of fused-ring (bicyclic) bond motifs is 4. The molecule has 4 aromatic rings. The molecule has 3 heteroatoms. The minimum Gasteiger partial charge on any atom is -0.461 e. The lowest BCUT2D eigenvalue weighted by molar-refractivity contribution is 0.577. The number of para-hydroxylation sites is 1. The summed E-state index contributed by atoms with van der Waals surface area (Å²) in [5, 5.41) is 4.37. The molecule has 1 aliphatic rings. The SMILES string of the molecule is CC(=Cc1c(C)oc2ccc(-n3c4c(c5ccccc53)C=CCC4)cc12)[Si](C)(C)C(C)(C)C. The summed E-state index contributed by atoms with van der Waals surface area (Å²) in [5.41, 5.74) is 7.48.